The van der Waals surface area contributed by atoms with Crippen molar-refractivity contribution in [1.82, 2.24) is 0 Å². The number of unbranched alkanes of at least 4 members (excludes halogenated alkanes) is 1. The second-order valence-electron chi connectivity index (χ2n) is 4.97. The molecule has 0 radical (unpaired) electrons. The first kappa shape index (κ1) is 13.9. The van der Waals surface area contributed by atoms with Gasteiger partial charge in [-0.3, -0.25) is 0 Å². The summed E-state index contributed by atoms with van der Waals surface area (Å²) >= 11 is 0. The Bertz CT molecular complexity index is 534. The molecule has 102 valence electrons. The largest absolute Gasteiger partial charge is 0.372 e. The van der Waals surface area contributed by atoms with Gasteiger partial charge in [-0.25, -0.2) is 0 Å². The third-order valence-electron chi connectivity index (χ3n) is 3.67. The summed E-state index contributed by atoms with van der Waals surface area (Å²) in [6.07, 6.45) is 2.45. The fraction of sp³-hybridized carbons (Fsp3) is 0.412. The monoisotopic (exact) mass is 256 g/mol. The normalized spacial score (nSPS) is 10.9. The number of hydrogen-bond donors (Lipinski definition) is 1. The van der Waals surface area contributed by atoms with E-state index >= 15 is 0 Å². The SMILES string of the molecule is CCCCN(CC)c1cc2ccccc2cc1CN. The molecular formula is C17H24N2. The van der Waals surface area contributed by atoms with Crippen LogP contribution in [0.15, 0.2) is 36.4 Å². The van der Waals surface area contributed by atoms with Crippen molar-refractivity contribution in [1.29, 1.82) is 0 Å². The summed E-state index contributed by atoms with van der Waals surface area (Å²) in [5, 5.41) is 2.57. The molecule has 0 amide bonds. The molecule has 0 aliphatic heterocycles. The fourth-order valence-corrected chi connectivity index (χ4v) is 2.53. The van der Waals surface area contributed by atoms with E-state index in [2.05, 4.69) is 55.1 Å². The van der Waals surface area contributed by atoms with Gasteiger partial charge in [-0.05, 0) is 41.8 Å². The first-order valence-electron chi connectivity index (χ1n) is 7.26. The van der Waals surface area contributed by atoms with Gasteiger partial charge in [0, 0.05) is 25.3 Å². The Kier molecular flexibility index (Phi) is 4.80. The Labute approximate surface area is 116 Å². The van der Waals surface area contributed by atoms with Crippen LogP contribution in [0.4, 0.5) is 5.69 Å². The molecule has 0 aliphatic carbocycles. The number of hydrogen-bond acceptors (Lipinski definition) is 2. The smallest absolute Gasteiger partial charge is 0.0418 e. The highest BCUT2D eigenvalue weighted by atomic mass is 15.1. The van der Waals surface area contributed by atoms with Crippen LogP contribution in [-0.2, 0) is 6.54 Å². The van der Waals surface area contributed by atoms with Gasteiger partial charge in [0.1, 0.15) is 0 Å². The van der Waals surface area contributed by atoms with Crippen LogP contribution in [0.3, 0.4) is 0 Å². The summed E-state index contributed by atoms with van der Waals surface area (Å²) < 4.78 is 0. The minimum absolute atomic E-state index is 0.600. The molecule has 2 aromatic rings. The van der Waals surface area contributed by atoms with E-state index in [4.69, 9.17) is 5.73 Å². The lowest BCUT2D eigenvalue weighted by atomic mass is 10.0. The summed E-state index contributed by atoms with van der Waals surface area (Å²) in [6.45, 7) is 7.19. The Balaban J connectivity index is 2.44. The Morgan fingerprint density at radius 3 is 2.32 bits per heavy atom. The molecule has 2 rings (SSSR count). The average Bonchev–Trinajstić information content (AvgIpc) is 2.47. The quantitative estimate of drug-likeness (QED) is 0.848. The first-order valence-corrected chi connectivity index (χ1v) is 7.26. The van der Waals surface area contributed by atoms with Crippen LogP contribution in [-0.4, -0.2) is 13.1 Å². The lowest BCUT2D eigenvalue weighted by molar-refractivity contribution is 0.729. The minimum atomic E-state index is 0.600. The van der Waals surface area contributed by atoms with Crippen LogP contribution >= 0.6 is 0 Å². The van der Waals surface area contributed by atoms with Crippen LogP contribution in [0.2, 0.25) is 0 Å². The highest BCUT2D eigenvalue weighted by molar-refractivity contribution is 5.87. The van der Waals surface area contributed by atoms with Gasteiger partial charge in [-0.2, -0.15) is 0 Å². The van der Waals surface area contributed by atoms with E-state index in [-0.39, 0.29) is 0 Å². The summed E-state index contributed by atoms with van der Waals surface area (Å²) in [5.74, 6) is 0. The maximum atomic E-state index is 5.94. The van der Waals surface area contributed by atoms with E-state index in [1.807, 2.05) is 0 Å². The van der Waals surface area contributed by atoms with Crippen molar-refractivity contribution < 1.29 is 0 Å². The molecular weight excluding hydrogens is 232 g/mol. The summed E-state index contributed by atoms with van der Waals surface area (Å²) in [4.78, 5) is 2.44. The molecule has 0 atom stereocenters. The summed E-state index contributed by atoms with van der Waals surface area (Å²) in [5.41, 5.74) is 8.49. The minimum Gasteiger partial charge on any atom is -0.372 e. The Morgan fingerprint density at radius 2 is 1.74 bits per heavy atom. The average molecular weight is 256 g/mol. The van der Waals surface area contributed by atoms with Crippen molar-refractivity contribution in [3.05, 3.63) is 42.0 Å². The van der Waals surface area contributed by atoms with E-state index in [0.717, 1.165) is 13.1 Å². The molecule has 0 aliphatic rings. The van der Waals surface area contributed by atoms with E-state index < -0.39 is 0 Å². The molecule has 0 saturated carbocycles. The standard InChI is InChI=1S/C17H24N2/c1-3-5-10-19(4-2)17-12-15-9-7-6-8-14(15)11-16(17)13-18/h6-9,11-12H,3-5,10,13,18H2,1-2H3. The van der Waals surface area contributed by atoms with Crippen LogP contribution in [0, 0.1) is 0 Å². The molecule has 19 heavy (non-hydrogen) atoms. The zero-order valence-corrected chi connectivity index (χ0v) is 12.0. The van der Waals surface area contributed by atoms with Crippen LogP contribution in [0.5, 0.6) is 0 Å². The molecule has 2 aromatic carbocycles. The molecule has 0 fully saturated rings. The maximum Gasteiger partial charge on any atom is 0.0418 e. The Morgan fingerprint density at radius 1 is 1.05 bits per heavy atom. The van der Waals surface area contributed by atoms with Crippen molar-refractivity contribution in [3.8, 4) is 0 Å². The molecule has 0 aromatic heterocycles. The van der Waals surface area contributed by atoms with Gasteiger partial charge in [0.25, 0.3) is 0 Å². The molecule has 0 bridgehead atoms. The first-order chi connectivity index (χ1) is 9.30. The third kappa shape index (κ3) is 3.07. The third-order valence-corrected chi connectivity index (χ3v) is 3.67. The summed E-state index contributed by atoms with van der Waals surface area (Å²) in [6, 6.07) is 13.0. The molecule has 0 heterocycles. The van der Waals surface area contributed by atoms with Crippen LogP contribution in [0.1, 0.15) is 32.3 Å². The van der Waals surface area contributed by atoms with Gasteiger partial charge in [0.15, 0.2) is 0 Å². The maximum absolute atomic E-state index is 5.94. The number of anilines is 1. The molecule has 0 spiro atoms. The van der Waals surface area contributed by atoms with Gasteiger partial charge >= 0.3 is 0 Å². The van der Waals surface area contributed by atoms with Crippen LogP contribution < -0.4 is 10.6 Å². The predicted molar refractivity (Wildman–Crippen MR) is 84.6 cm³/mol. The van der Waals surface area contributed by atoms with Crippen molar-refractivity contribution >= 4 is 16.5 Å². The van der Waals surface area contributed by atoms with Crippen molar-refractivity contribution in [3.63, 3.8) is 0 Å². The van der Waals surface area contributed by atoms with Gasteiger partial charge < -0.3 is 10.6 Å². The highest BCUT2D eigenvalue weighted by Crippen LogP contribution is 2.27. The lowest BCUT2D eigenvalue weighted by Gasteiger charge is -2.26. The number of nitrogens with two attached hydrogens (primary N) is 1. The van der Waals surface area contributed by atoms with Crippen LogP contribution in [0.25, 0.3) is 10.8 Å². The topological polar surface area (TPSA) is 29.3 Å². The molecule has 2 N–H and O–H groups in total. The Hall–Kier alpha value is -1.54. The van der Waals surface area contributed by atoms with Gasteiger partial charge in [-0.1, -0.05) is 37.6 Å². The van der Waals surface area contributed by atoms with Gasteiger partial charge in [0.05, 0.1) is 0 Å². The van der Waals surface area contributed by atoms with Crippen molar-refractivity contribution in [2.45, 2.75) is 33.2 Å². The second kappa shape index (κ2) is 6.58. The molecule has 2 nitrogen and oxygen atoms in total. The van der Waals surface area contributed by atoms with Gasteiger partial charge in [0.2, 0.25) is 0 Å². The zero-order valence-electron chi connectivity index (χ0n) is 12.0. The van der Waals surface area contributed by atoms with Gasteiger partial charge in [-0.15, -0.1) is 0 Å². The fourth-order valence-electron chi connectivity index (χ4n) is 2.53. The molecule has 2 heteroatoms. The number of rotatable bonds is 6. The van der Waals surface area contributed by atoms with Crippen molar-refractivity contribution in [2.75, 3.05) is 18.0 Å². The second-order valence-corrected chi connectivity index (χ2v) is 4.97. The van der Waals surface area contributed by atoms with E-state index in [1.54, 1.807) is 0 Å². The number of nitrogens with zero attached hydrogens (tertiary/aromatic N) is 1. The summed E-state index contributed by atoms with van der Waals surface area (Å²) in [7, 11) is 0. The molecule has 0 saturated heterocycles. The highest BCUT2D eigenvalue weighted by Gasteiger charge is 2.10. The number of benzene rings is 2. The predicted octanol–water partition coefficient (Wildman–Crippen LogP) is 3.92. The number of fused-ring (bicyclic) bond motifs is 1. The lowest BCUT2D eigenvalue weighted by Crippen LogP contribution is -2.25. The van der Waals surface area contributed by atoms with Crippen molar-refractivity contribution in [2.24, 2.45) is 5.73 Å². The van der Waals surface area contributed by atoms with E-state index in [1.165, 1.54) is 34.9 Å². The van der Waals surface area contributed by atoms with E-state index in [9.17, 15) is 0 Å². The zero-order chi connectivity index (χ0) is 13.7. The van der Waals surface area contributed by atoms with E-state index in [0.29, 0.717) is 6.54 Å². The molecule has 0 unspecified atom stereocenters.